The average Bonchev–Trinajstić information content (AvgIpc) is 3.52. The van der Waals surface area contributed by atoms with Crippen LogP contribution in [0.2, 0.25) is 0 Å². The van der Waals surface area contributed by atoms with E-state index in [-0.39, 0.29) is 18.4 Å². The van der Waals surface area contributed by atoms with Gasteiger partial charge in [0.2, 0.25) is 0 Å². The maximum Gasteiger partial charge on any atom is 0.313 e. The summed E-state index contributed by atoms with van der Waals surface area (Å²) >= 11 is 3.46. The Hall–Kier alpha value is -2.80. The summed E-state index contributed by atoms with van der Waals surface area (Å²) in [4.78, 5) is 33.7. The molecule has 1 aliphatic rings. The van der Waals surface area contributed by atoms with Crippen molar-refractivity contribution in [1.82, 2.24) is 15.3 Å². The van der Waals surface area contributed by atoms with Crippen LogP contribution in [0, 0.1) is 5.41 Å². The second-order valence-electron chi connectivity index (χ2n) is 6.91. The molecular weight excluding hydrogens is 422 g/mol. The molecule has 1 saturated carbocycles. The lowest BCUT2D eigenvalue weighted by Gasteiger charge is -2.15. The Kier molecular flexibility index (Phi) is 4.85. The Balaban J connectivity index is 1.71. The van der Waals surface area contributed by atoms with Crippen molar-refractivity contribution in [2.24, 2.45) is 5.41 Å². The van der Waals surface area contributed by atoms with Gasteiger partial charge in [0.25, 0.3) is 5.91 Å². The van der Waals surface area contributed by atoms with Gasteiger partial charge >= 0.3 is 5.97 Å². The number of amides is 1. The van der Waals surface area contributed by atoms with Crippen molar-refractivity contribution >= 4 is 38.7 Å². The van der Waals surface area contributed by atoms with E-state index in [1.54, 1.807) is 18.5 Å². The summed E-state index contributed by atoms with van der Waals surface area (Å²) in [7, 11) is 1.37. The number of nitrogens with one attached hydrogen (secondary N) is 1. The molecule has 3 aromatic rings. The molecule has 0 radical (unpaired) electrons. The first-order chi connectivity index (χ1) is 13.5. The number of carbonyl (C=O) groups excluding carboxylic acids is 2. The standard InChI is InChI=1S/C21H18BrN3O3/c1-28-20(27)21(6-7-21)12-24-19(26)16-11-18(13-4-8-23-9-5-13)25-17-3-2-14(22)10-15(16)17/h2-5,8-11H,6-7,12H2,1H3,(H,24,26). The second-order valence-corrected chi connectivity index (χ2v) is 7.82. The Morgan fingerprint density at radius 2 is 1.93 bits per heavy atom. The minimum atomic E-state index is -0.582. The first kappa shape index (κ1) is 18.6. The van der Waals surface area contributed by atoms with Crippen molar-refractivity contribution in [2.75, 3.05) is 13.7 Å². The van der Waals surface area contributed by atoms with E-state index in [1.165, 1.54) is 7.11 Å². The predicted octanol–water partition coefficient (Wildman–Crippen LogP) is 3.74. The number of halogens is 1. The molecule has 142 valence electrons. The summed E-state index contributed by atoms with van der Waals surface area (Å²) in [6.07, 6.45) is 4.83. The van der Waals surface area contributed by atoms with Gasteiger partial charge in [0.15, 0.2) is 0 Å². The van der Waals surface area contributed by atoms with E-state index >= 15 is 0 Å². The fourth-order valence-corrected chi connectivity index (χ4v) is 3.58. The number of fused-ring (bicyclic) bond motifs is 1. The van der Waals surface area contributed by atoms with Crippen LogP contribution in [-0.4, -0.2) is 35.5 Å². The largest absolute Gasteiger partial charge is 0.469 e. The van der Waals surface area contributed by atoms with Crippen molar-refractivity contribution in [3.05, 3.63) is 58.8 Å². The molecular formula is C21H18BrN3O3. The highest BCUT2D eigenvalue weighted by Gasteiger charge is 2.51. The number of aromatic nitrogens is 2. The van der Waals surface area contributed by atoms with E-state index < -0.39 is 5.41 Å². The van der Waals surface area contributed by atoms with Crippen LogP contribution in [0.1, 0.15) is 23.2 Å². The number of rotatable bonds is 5. The molecule has 0 aliphatic heterocycles. The summed E-state index contributed by atoms with van der Waals surface area (Å²) < 4.78 is 5.73. The second kappa shape index (κ2) is 7.31. The van der Waals surface area contributed by atoms with E-state index in [0.717, 1.165) is 33.8 Å². The van der Waals surface area contributed by atoms with Gasteiger partial charge < -0.3 is 10.1 Å². The summed E-state index contributed by atoms with van der Waals surface area (Å²) in [5.74, 6) is -0.511. The van der Waals surface area contributed by atoms with Gasteiger partial charge in [0, 0.05) is 34.4 Å². The number of benzene rings is 1. The minimum absolute atomic E-state index is 0.240. The Bertz CT molecular complexity index is 1070. The lowest BCUT2D eigenvalue weighted by molar-refractivity contribution is -0.146. The zero-order chi connectivity index (χ0) is 19.7. The third kappa shape index (κ3) is 3.49. The molecule has 2 heterocycles. The fourth-order valence-electron chi connectivity index (χ4n) is 3.22. The van der Waals surface area contributed by atoms with Gasteiger partial charge in [0.1, 0.15) is 0 Å². The highest BCUT2D eigenvalue weighted by Crippen LogP contribution is 2.46. The Morgan fingerprint density at radius 1 is 1.18 bits per heavy atom. The van der Waals surface area contributed by atoms with Gasteiger partial charge in [-0.05, 0) is 49.2 Å². The van der Waals surface area contributed by atoms with Crippen molar-refractivity contribution < 1.29 is 14.3 Å². The van der Waals surface area contributed by atoms with Crippen molar-refractivity contribution in [3.8, 4) is 11.3 Å². The van der Waals surface area contributed by atoms with E-state index in [1.807, 2.05) is 30.3 Å². The molecule has 0 bridgehead atoms. The fraction of sp³-hybridized carbons (Fsp3) is 0.238. The highest BCUT2D eigenvalue weighted by molar-refractivity contribution is 9.10. The smallest absolute Gasteiger partial charge is 0.313 e. The van der Waals surface area contributed by atoms with E-state index in [0.29, 0.717) is 11.3 Å². The molecule has 0 atom stereocenters. The number of hydrogen-bond donors (Lipinski definition) is 1. The number of nitrogens with zero attached hydrogens (tertiary/aromatic N) is 2. The number of ether oxygens (including phenoxy) is 1. The van der Waals surface area contributed by atoms with Crippen molar-refractivity contribution in [2.45, 2.75) is 12.8 Å². The Morgan fingerprint density at radius 3 is 2.61 bits per heavy atom. The molecule has 1 fully saturated rings. The maximum absolute atomic E-state index is 13.0. The van der Waals surface area contributed by atoms with Crippen molar-refractivity contribution in [1.29, 1.82) is 0 Å². The molecule has 0 saturated heterocycles. The van der Waals surface area contributed by atoms with Crippen LogP contribution in [-0.2, 0) is 9.53 Å². The van der Waals surface area contributed by atoms with Crippen LogP contribution in [0.25, 0.3) is 22.2 Å². The lowest BCUT2D eigenvalue weighted by atomic mass is 10.0. The SMILES string of the molecule is COC(=O)C1(CNC(=O)c2cc(-c3ccncc3)nc3ccc(Br)cc23)CC1. The highest BCUT2D eigenvalue weighted by atomic mass is 79.9. The first-order valence-electron chi connectivity index (χ1n) is 8.90. The van der Waals surface area contributed by atoms with Gasteiger partial charge in [0.05, 0.1) is 29.3 Å². The number of esters is 1. The van der Waals surface area contributed by atoms with Gasteiger partial charge in [-0.3, -0.25) is 14.6 Å². The summed E-state index contributed by atoms with van der Waals surface area (Å²) in [6, 6.07) is 11.1. The molecule has 28 heavy (non-hydrogen) atoms. The molecule has 0 spiro atoms. The molecule has 2 aromatic heterocycles. The third-order valence-corrected chi connectivity index (χ3v) is 5.54. The molecule has 6 nitrogen and oxygen atoms in total. The minimum Gasteiger partial charge on any atom is -0.469 e. The van der Waals surface area contributed by atoms with Crippen LogP contribution < -0.4 is 5.32 Å². The molecule has 0 unspecified atom stereocenters. The monoisotopic (exact) mass is 439 g/mol. The molecule has 7 heteroatoms. The van der Waals surface area contributed by atoms with Crippen LogP contribution >= 0.6 is 15.9 Å². The number of methoxy groups -OCH3 is 1. The molecule has 1 aliphatic carbocycles. The molecule has 4 rings (SSSR count). The quantitative estimate of drug-likeness (QED) is 0.612. The van der Waals surface area contributed by atoms with Crippen LogP contribution in [0.5, 0.6) is 0 Å². The normalized spacial score (nSPS) is 14.5. The third-order valence-electron chi connectivity index (χ3n) is 5.05. The average molecular weight is 440 g/mol. The summed E-state index contributed by atoms with van der Waals surface area (Å²) in [5.41, 5.74) is 2.22. The zero-order valence-corrected chi connectivity index (χ0v) is 16.8. The number of hydrogen-bond acceptors (Lipinski definition) is 5. The van der Waals surface area contributed by atoms with E-state index in [4.69, 9.17) is 4.74 Å². The number of carbonyl (C=O) groups is 2. The number of pyridine rings is 2. The van der Waals surface area contributed by atoms with E-state index in [9.17, 15) is 9.59 Å². The zero-order valence-electron chi connectivity index (χ0n) is 15.2. The predicted molar refractivity (Wildman–Crippen MR) is 109 cm³/mol. The first-order valence-corrected chi connectivity index (χ1v) is 9.69. The van der Waals surface area contributed by atoms with Gasteiger partial charge in [-0.25, -0.2) is 4.98 Å². The molecule has 1 amide bonds. The summed E-state index contributed by atoms with van der Waals surface area (Å²) in [5, 5.41) is 3.66. The van der Waals surface area contributed by atoms with Gasteiger partial charge in [-0.1, -0.05) is 15.9 Å². The molecule has 1 N–H and O–H groups in total. The molecule has 1 aromatic carbocycles. The van der Waals surface area contributed by atoms with Crippen LogP contribution in [0.4, 0.5) is 0 Å². The lowest BCUT2D eigenvalue weighted by Crippen LogP contribution is -2.35. The van der Waals surface area contributed by atoms with Gasteiger partial charge in [-0.15, -0.1) is 0 Å². The topological polar surface area (TPSA) is 81.2 Å². The summed E-state index contributed by atoms with van der Waals surface area (Å²) in [6.45, 7) is 0.265. The maximum atomic E-state index is 13.0. The Labute approximate surface area is 170 Å². The van der Waals surface area contributed by atoms with Crippen LogP contribution in [0.3, 0.4) is 0 Å². The van der Waals surface area contributed by atoms with Gasteiger partial charge in [-0.2, -0.15) is 0 Å². The van der Waals surface area contributed by atoms with Crippen LogP contribution in [0.15, 0.2) is 53.3 Å². The van der Waals surface area contributed by atoms with E-state index in [2.05, 4.69) is 31.2 Å². The van der Waals surface area contributed by atoms with Crippen molar-refractivity contribution in [3.63, 3.8) is 0 Å².